The molecule has 5 nitrogen and oxygen atoms in total. The Balaban J connectivity index is 1.44. The summed E-state index contributed by atoms with van der Waals surface area (Å²) in [6.45, 7) is 1.08. The van der Waals surface area contributed by atoms with Crippen LogP contribution < -0.4 is 0 Å². The highest BCUT2D eigenvalue weighted by molar-refractivity contribution is 5.15. The third-order valence-corrected chi connectivity index (χ3v) is 5.80. The normalized spacial score (nSPS) is 25.5. The van der Waals surface area contributed by atoms with E-state index < -0.39 is 30.5 Å². The third-order valence-electron chi connectivity index (χ3n) is 5.80. The van der Waals surface area contributed by atoms with Crippen LogP contribution in [0.15, 0.2) is 91.0 Å². The summed E-state index contributed by atoms with van der Waals surface area (Å²) in [7, 11) is 0. The molecule has 2 unspecified atom stereocenters. The second kappa shape index (κ2) is 11.4. The molecule has 3 aromatic carbocycles. The monoisotopic (exact) mass is 434 g/mol. The minimum absolute atomic E-state index is 0.329. The fourth-order valence-corrected chi connectivity index (χ4v) is 3.99. The highest BCUT2D eigenvalue weighted by Crippen LogP contribution is 2.29. The van der Waals surface area contributed by atoms with Gasteiger partial charge in [-0.3, -0.25) is 0 Å². The van der Waals surface area contributed by atoms with Gasteiger partial charge in [0.05, 0.1) is 32.0 Å². The SMILES string of the molecule is OC1[C@H](O)C(OCc2ccccc2)[C@@H](OCc2ccccc2)C[C@H]1OCc1ccccc1. The van der Waals surface area contributed by atoms with E-state index in [9.17, 15) is 10.2 Å². The first-order chi connectivity index (χ1) is 15.7. The fourth-order valence-electron chi connectivity index (χ4n) is 3.99. The van der Waals surface area contributed by atoms with Gasteiger partial charge >= 0.3 is 0 Å². The van der Waals surface area contributed by atoms with Gasteiger partial charge < -0.3 is 24.4 Å². The Hall–Kier alpha value is -2.54. The van der Waals surface area contributed by atoms with E-state index in [1.54, 1.807) is 0 Å². The molecule has 0 heterocycles. The van der Waals surface area contributed by atoms with E-state index in [-0.39, 0.29) is 0 Å². The molecule has 0 bridgehead atoms. The Morgan fingerprint density at radius 2 is 0.938 bits per heavy atom. The summed E-state index contributed by atoms with van der Waals surface area (Å²) >= 11 is 0. The van der Waals surface area contributed by atoms with Gasteiger partial charge in [0, 0.05) is 6.42 Å². The van der Waals surface area contributed by atoms with Crippen LogP contribution in [-0.2, 0) is 34.0 Å². The largest absolute Gasteiger partial charge is 0.388 e. The van der Waals surface area contributed by atoms with Crippen LogP contribution in [-0.4, -0.2) is 40.7 Å². The van der Waals surface area contributed by atoms with Gasteiger partial charge in [0.15, 0.2) is 0 Å². The van der Waals surface area contributed by atoms with Gasteiger partial charge in [-0.25, -0.2) is 0 Å². The topological polar surface area (TPSA) is 68.2 Å². The lowest BCUT2D eigenvalue weighted by atomic mass is 9.86. The zero-order chi connectivity index (χ0) is 22.2. The highest BCUT2D eigenvalue weighted by atomic mass is 16.6. The molecule has 0 radical (unpaired) electrons. The Morgan fingerprint density at radius 1 is 0.531 bits per heavy atom. The minimum atomic E-state index is -1.12. The molecule has 5 heteroatoms. The second-order valence-corrected chi connectivity index (χ2v) is 8.15. The summed E-state index contributed by atoms with van der Waals surface area (Å²) in [6, 6.07) is 29.5. The third kappa shape index (κ3) is 6.03. The summed E-state index contributed by atoms with van der Waals surface area (Å²) < 4.78 is 18.3. The van der Waals surface area contributed by atoms with Crippen LogP contribution in [0.25, 0.3) is 0 Å². The van der Waals surface area contributed by atoms with Crippen molar-refractivity contribution in [2.24, 2.45) is 0 Å². The molecule has 0 amide bonds. The van der Waals surface area contributed by atoms with Gasteiger partial charge in [-0.2, -0.15) is 0 Å². The number of ether oxygens (including phenoxy) is 3. The Morgan fingerprint density at radius 3 is 1.41 bits per heavy atom. The van der Waals surface area contributed by atoms with E-state index >= 15 is 0 Å². The zero-order valence-corrected chi connectivity index (χ0v) is 18.0. The first-order valence-corrected chi connectivity index (χ1v) is 11.0. The van der Waals surface area contributed by atoms with Crippen molar-refractivity contribution in [3.63, 3.8) is 0 Å². The number of benzene rings is 3. The molecular formula is C27H30O5. The van der Waals surface area contributed by atoms with E-state index in [1.165, 1.54) is 0 Å². The maximum Gasteiger partial charge on any atom is 0.113 e. The fraction of sp³-hybridized carbons (Fsp3) is 0.333. The van der Waals surface area contributed by atoms with E-state index in [2.05, 4.69) is 0 Å². The van der Waals surface area contributed by atoms with Crippen LogP contribution in [0.4, 0.5) is 0 Å². The summed E-state index contributed by atoms with van der Waals surface area (Å²) in [5, 5.41) is 21.7. The molecule has 32 heavy (non-hydrogen) atoms. The van der Waals surface area contributed by atoms with Crippen molar-refractivity contribution in [1.82, 2.24) is 0 Å². The molecule has 3 aromatic rings. The molecule has 0 aliphatic heterocycles. The molecule has 4 rings (SSSR count). The van der Waals surface area contributed by atoms with Crippen molar-refractivity contribution in [3.05, 3.63) is 108 Å². The number of aliphatic hydroxyl groups is 2. The summed E-state index contributed by atoms with van der Waals surface area (Å²) in [5.74, 6) is 0. The summed E-state index contributed by atoms with van der Waals surface area (Å²) in [6.07, 6.45) is -3.38. The Bertz CT molecular complexity index is 919. The predicted octanol–water partition coefficient (Wildman–Crippen LogP) is 3.87. The van der Waals surface area contributed by atoms with E-state index in [0.717, 1.165) is 16.7 Å². The van der Waals surface area contributed by atoms with Crippen molar-refractivity contribution >= 4 is 0 Å². The van der Waals surface area contributed by atoms with Crippen LogP contribution >= 0.6 is 0 Å². The van der Waals surface area contributed by atoms with Crippen molar-refractivity contribution in [2.75, 3.05) is 0 Å². The van der Waals surface area contributed by atoms with Gasteiger partial charge in [0.1, 0.15) is 18.3 Å². The van der Waals surface area contributed by atoms with Gasteiger partial charge in [-0.1, -0.05) is 91.0 Å². The van der Waals surface area contributed by atoms with E-state index in [1.807, 2.05) is 91.0 Å². The average molecular weight is 435 g/mol. The van der Waals surface area contributed by atoms with E-state index in [0.29, 0.717) is 26.2 Å². The molecule has 0 spiro atoms. The molecular weight excluding hydrogens is 404 g/mol. The van der Waals surface area contributed by atoms with E-state index in [4.69, 9.17) is 14.2 Å². The number of hydrogen-bond donors (Lipinski definition) is 2. The lowest BCUT2D eigenvalue weighted by molar-refractivity contribution is -0.221. The molecule has 5 atom stereocenters. The number of rotatable bonds is 9. The maximum absolute atomic E-state index is 10.9. The first-order valence-electron chi connectivity index (χ1n) is 11.0. The van der Waals surface area contributed by atoms with Crippen LogP contribution in [0.3, 0.4) is 0 Å². The molecule has 168 valence electrons. The Labute approximate surface area is 189 Å². The van der Waals surface area contributed by atoms with Crippen molar-refractivity contribution in [2.45, 2.75) is 56.8 Å². The number of aliphatic hydroxyl groups excluding tert-OH is 2. The van der Waals surface area contributed by atoms with Crippen LogP contribution in [0.5, 0.6) is 0 Å². The number of hydrogen-bond acceptors (Lipinski definition) is 5. The molecule has 0 aromatic heterocycles. The van der Waals surface area contributed by atoms with Crippen LogP contribution in [0.2, 0.25) is 0 Å². The lowest BCUT2D eigenvalue weighted by Crippen LogP contribution is -2.58. The zero-order valence-electron chi connectivity index (χ0n) is 18.0. The first kappa shape index (κ1) is 22.6. The molecule has 1 fully saturated rings. The van der Waals surface area contributed by atoms with Crippen molar-refractivity contribution in [3.8, 4) is 0 Å². The molecule has 1 aliphatic carbocycles. The van der Waals surface area contributed by atoms with Crippen molar-refractivity contribution < 1.29 is 24.4 Å². The molecule has 1 aliphatic rings. The predicted molar refractivity (Wildman–Crippen MR) is 122 cm³/mol. The average Bonchev–Trinajstić information content (AvgIpc) is 2.85. The molecule has 1 saturated carbocycles. The quantitative estimate of drug-likeness (QED) is 0.535. The van der Waals surface area contributed by atoms with Gasteiger partial charge in [0.25, 0.3) is 0 Å². The van der Waals surface area contributed by atoms with Gasteiger partial charge in [-0.05, 0) is 16.7 Å². The summed E-state index contributed by atoms with van der Waals surface area (Å²) in [5.41, 5.74) is 3.05. The maximum atomic E-state index is 10.9. The minimum Gasteiger partial charge on any atom is -0.388 e. The molecule has 0 saturated heterocycles. The standard InChI is InChI=1S/C27H30O5/c28-25-23(30-17-20-10-4-1-5-11-20)16-24(31-18-21-12-6-2-7-13-21)27(26(25)29)32-19-22-14-8-3-9-15-22/h1-15,23-29H,16-19H2/t23-,24+,25?,26+,27?/m1/s1. The van der Waals surface area contributed by atoms with Gasteiger partial charge in [0.2, 0.25) is 0 Å². The van der Waals surface area contributed by atoms with Crippen LogP contribution in [0, 0.1) is 0 Å². The molecule has 2 N–H and O–H groups in total. The van der Waals surface area contributed by atoms with Crippen molar-refractivity contribution in [1.29, 1.82) is 0 Å². The summed E-state index contributed by atoms with van der Waals surface area (Å²) in [4.78, 5) is 0. The Kier molecular flexibility index (Phi) is 8.04. The second-order valence-electron chi connectivity index (χ2n) is 8.15. The smallest absolute Gasteiger partial charge is 0.113 e. The highest BCUT2D eigenvalue weighted by Gasteiger charge is 2.45. The lowest BCUT2D eigenvalue weighted by Gasteiger charge is -2.42. The van der Waals surface area contributed by atoms with Gasteiger partial charge in [-0.15, -0.1) is 0 Å². The van der Waals surface area contributed by atoms with Crippen LogP contribution in [0.1, 0.15) is 23.1 Å².